The molecule has 1 spiro atoms. The number of likely N-dealkylation sites (tertiary alicyclic amines) is 1. The van der Waals surface area contributed by atoms with Gasteiger partial charge in [0.2, 0.25) is 5.91 Å². The van der Waals surface area contributed by atoms with Gasteiger partial charge in [-0.25, -0.2) is 4.79 Å². The number of urea groups is 1. The normalized spacial score (nSPS) is 29.4. The van der Waals surface area contributed by atoms with E-state index >= 15 is 0 Å². The van der Waals surface area contributed by atoms with Gasteiger partial charge >= 0.3 is 6.03 Å². The average Bonchev–Trinajstić information content (AvgIpc) is 3.27. The number of hydrogen-bond donors (Lipinski definition) is 2. The molecule has 1 aromatic rings. The molecule has 4 rings (SSSR count). The summed E-state index contributed by atoms with van der Waals surface area (Å²) in [7, 11) is 0. The first-order valence-electron chi connectivity index (χ1n) is 11.2. The maximum Gasteiger partial charge on any atom is 0.325 e. The SMILES string of the molecule is CCC1CCC2(CC1)NC(=O)N(CC(=O)NC1CCN(Cc3ccccc3)C1)C2=O. The van der Waals surface area contributed by atoms with E-state index < -0.39 is 11.6 Å². The van der Waals surface area contributed by atoms with Crippen molar-refractivity contribution in [2.45, 2.75) is 63.6 Å². The molecule has 4 amide bonds. The lowest BCUT2D eigenvalue weighted by Gasteiger charge is -2.34. The molecule has 3 fully saturated rings. The Morgan fingerprint density at radius 2 is 1.90 bits per heavy atom. The van der Waals surface area contributed by atoms with Crippen LogP contribution in [0, 0.1) is 5.92 Å². The van der Waals surface area contributed by atoms with Crippen LogP contribution >= 0.6 is 0 Å². The number of benzene rings is 1. The summed E-state index contributed by atoms with van der Waals surface area (Å²) in [6, 6.07) is 9.90. The zero-order chi connectivity index (χ0) is 21.1. The van der Waals surface area contributed by atoms with E-state index in [4.69, 9.17) is 0 Å². The van der Waals surface area contributed by atoms with E-state index in [1.807, 2.05) is 18.2 Å². The van der Waals surface area contributed by atoms with Crippen molar-refractivity contribution < 1.29 is 14.4 Å². The van der Waals surface area contributed by atoms with Crippen LogP contribution in [0.1, 0.15) is 51.0 Å². The lowest BCUT2D eigenvalue weighted by atomic mass is 9.75. The van der Waals surface area contributed by atoms with E-state index in [0.717, 1.165) is 50.2 Å². The third-order valence-corrected chi connectivity index (χ3v) is 6.97. The average molecular weight is 413 g/mol. The number of hydrogen-bond acceptors (Lipinski definition) is 4. The third-order valence-electron chi connectivity index (χ3n) is 6.97. The molecule has 0 radical (unpaired) electrons. The molecule has 7 heteroatoms. The van der Waals surface area contributed by atoms with Crippen LogP contribution in [-0.4, -0.2) is 58.9 Å². The second-order valence-corrected chi connectivity index (χ2v) is 9.03. The van der Waals surface area contributed by atoms with Crippen LogP contribution in [0.5, 0.6) is 0 Å². The molecule has 162 valence electrons. The zero-order valence-electron chi connectivity index (χ0n) is 17.7. The van der Waals surface area contributed by atoms with Gasteiger partial charge in [-0.1, -0.05) is 43.7 Å². The highest BCUT2D eigenvalue weighted by Gasteiger charge is 2.52. The maximum absolute atomic E-state index is 13.0. The number of imide groups is 1. The predicted octanol–water partition coefficient (Wildman–Crippen LogP) is 2.27. The molecule has 2 heterocycles. The fourth-order valence-corrected chi connectivity index (χ4v) is 5.09. The Bertz CT molecular complexity index is 789. The lowest BCUT2D eigenvalue weighted by molar-refractivity contribution is -0.136. The number of nitrogens with one attached hydrogen (secondary N) is 2. The van der Waals surface area contributed by atoms with E-state index in [1.54, 1.807) is 0 Å². The summed E-state index contributed by atoms with van der Waals surface area (Å²) in [6.07, 6.45) is 5.22. The minimum absolute atomic E-state index is 0.0518. The number of carbonyl (C=O) groups is 3. The van der Waals surface area contributed by atoms with E-state index in [-0.39, 0.29) is 24.4 Å². The van der Waals surface area contributed by atoms with Gasteiger partial charge in [0.05, 0.1) is 0 Å². The predicted molar refractivity (Wildman–Crippen MR) is 113 cm³/mol. The second-order valence-electron chi connectivity index (χ2n) is 9.03. The quantitative estimate of drug-likeness (QED) is 0.703. The van der Waals surface area contributed by atoms with Crippen molar-refractivity contribution in [3.05, 3.63) is 35.9 Å². The highest BCUT2D eigenvalue weighted by Crippen LogP contribution is 2.37. The van der Waals surface area contributed by atoms with Gasteiger partial charge in [0.15, 0.2) is 0 Å². The maximum atomic E-state index is 13.0. The molecule has 7 nitrogen and oxygen atoms in total. The Morgan fingerprint density at radius 1 is 1.17 bits per heavy atom. The molecule has 0 bridgehead atoms. The van der Waals surface area contributed by atoms with Crippen molar-refractivity contribution in [1.29, 1.82) is 0 Å². The van der Waals surface area contributed by atoms with Gasteiger partial charge in [0.1, 0.15) is 12.1 Å². The fourth-order valence-electron chi connectivity index (χ4n) is 5.09. The van der Waals surface area contributed by atoms with Gasteiger partial charge in [0.25, 0.3) is 5.91 Å². The minimum atomic E-state index is -0.789. The van der Waals surface area contributed by atoms with Crippen LogP contribution in [0.3, 0.4) is 0 Å². The van der Waals surface area contributed by atoms with Crippen LogP contribution < -0.4 is 10.6 Å². The summed E-state index contributed by atoms with van der Waals surface area (Å²) in [6.45, 7) is 4.53. The smallest absolute Gasteiger partial charge is 0.325 e. The largest absolute Gasteiger partial charge is 0.350 e. The number of nitrogens with zero attached hydrogens (tertiary/aromatic N) is 2. The van der Waals surface area contributed by atoms with Crippen molar-refractivity contribution in [3.63, 3.8) is 0 Å². The highest BCUT2D eigenvalue weighted by molar-refractivity contribution is 6.09. The third kappa shape index (κ3) is 4.36. The number of rotatable bonds is 6. The second kappa shape index (κ2) is 8.76. The summed E-state index contributed by atoms with van der Waals surface area (Å²) in [4.78, 5) is 41.4. The van der Waals surface area contributed by atoms with Gasteiger partial charge in [-0.15, -0.1) is 0 Å². The molecule has 2 N–H and O–H groups in total. The molecule has 0 aromatic heterocycles. The summed E-state index contributed by atoms with van der Waals surface area (Å²) < 4.78 is 0. The first-order valence-corrected chi connectivity index (χ1v) is 11.2. The first kappa shape index (κ1) is 20.8. The Kier molecular flexibility index (Phi) is 6.09. The van der Waals surface area contributed by atoms with Gasteiger partial charge in [-0.2, -0.15) is 0 Å². The van der Waals surface area contributed by atoms with Gasteiger partial charge in [-0.3, -0.25) is 19.4 Å². The lowest BCUT2D eigenvalue weighted by Crippen LogP contribution is -2.50. The van der Waals surface area contributed by atoms with Crippen molar-refractivity contribution in [2.24, 2.45) is 5.92 Å². The Labute approximate surface area is 178 Å². The van der Waals surface area contributed by atoms with Crippen LogP contribution in [0.2, 0.25) is 0 Å². The van der Waals surface area contributed by atoms with Gasteiger partial charge in [0, 0.05) is 25.7 Å². The standard InChI is InChI=1S/C23H32N4O3/c1-2-17-8-11-23(12-9-17)21(29)27(22(30)25-23)16-20(28)24-19-10-13-26(15-19)14-18-6-4-3-5-7-18/h3-7,17,19H,2,8-16H2,1H3,(H,24,28)(H,25,30). The fraction of sp³-hybridized carbons (Fsp3) is 0.609. The molecule has 1 aromatic carbocycles. The van der Waals surface area contributed by atoms with E-state index in [2.05, 4.69) is 34.6 Å². The van der Waals surface area contributed by atoms with Crippen molar-refractivity contribution in [1.82, 2.24) is 20.4 Å². The summed E-state index contributed by atoms with van der Waals surface area (Å²) in [5.41, 5.74) is 0.468. The van der Waals surface area contributed by atoms with Crippen LogP contribution in [0.4, 0.5) is 4.79 Å². The summed E-state index contributed by atoms with van der Waals surface area (Å²) in [5, 5.41) is 5.91. The Hall–Kier alpha value is -2.41. The van der Waals surface area contributed by atoms with Crippen molar-refractivity contribution >= 4 is 17.8 Å². The molecule has 3 aliphatic rings. The van der Waals surface area contributed by atoms with Crippen LogP contribution in [0.25, 0.3) is 0 Å². The minimum Gasteiger partial charge on any atom is -0.350 e. The number of amides is 4. The molecule has 1 unspecified atom stereocenters. The van der Waals surface area contributed by atoms with Crippen LogP contribution in [0.15, 0.2) is 30.3 Å². The molecule has 30 heavy (non-hydrogen) atoms. The highest BCUT2D eigenvalue weighted by atomic mass is 16.2. The summed E-state index contributed by atoms with van der Waals surface area (Å²) in [5.74, 6) is 0.137. The van der Waals surface area contributed by atoms with Gasteiger partial charge < -0.3 is 10.6 Å². The Morgan fingerprint density at radius 3 is 2.60 bits per heavy atom. The van der Waals surface area contributed by atoms with Crippen molar-refractivity contribution in [3.8, 4) is 0 Å². The monoisotopic (exact) mass is 412 g/mol. The molecule has 1 atom stereocenters. The van der Waals surface area contributed by atoms with Gasteiger partial charge in [-0.05, 0) is 43.6 Å². The van der Waals surface area contributed by atoms with E-state index in [0.29, 0.717) is 18.8 Å². The zero-order valence-corrected chi connectivity index (χ0v) is 17.7. The molecule has 2 saturated heterocycles. The number of carbonyl (C=O) groups excluding carboxylic acids is 3. The molecular formula is C23H32N4O3. The Balaban J connectivity index is 1.27. The van der Waals surface area contributed by atoms with E-state index in [9.17, 15) is 14.4 Å². The molecule has 2 aliphatic heterocycles. The van der Waals surface area contributed by atoms with Crippen LogP contribution in [-0.2, 0) is 16.1 Å². The molecule has 1 aliphatic carbocycles. The molecule has 1 saturated carbocycles. The van der Waals surface area contributed by atoms with E-state index in [1.165, 1.54) is 5.56 Å². The van der Waals surface area contributed by atoms with Crippen molar-refractivity contribution in [2.75, 3.05) is 19.6 Å². The first-order chi connectivity index (χ1) is 14.5. The molecular weight excluding hydrogens is 380 g/mol. The topological polar surface area (TPSA) is 81.8 Å². The summed E-state index contributed by atoms with van der Waals surface area (Å²) >= 11 is 0.